The van der Waals surface area contributed by atoms with Crippen molar-refractivity contribution in [2.45, 2.75) is 13.1 Å². The summed E-state index contributed by atoms with van der Waals surface area (Å²) in [4.78, 5) is 27.5. The second kappa shape index (κ2) is 7.27. The molecule has 7 nitrogen and oxygen atoms in total. The van der Waals surface area contributed by atoms with Crippen LogP contribution in [0.4, 0.5) is 0 Å². The Morgan fingerprint density at radius 2 is 1.75 bits per heavy atom. The number of amides is 1. The molecule has 0 unspecified atom stereocenters. The van der Waals surface area contributed by atoms with Gasteiger partial charge in [0.15, 0.2) is 0 Å². The van der Waals surface area contributed by atoms with Crippen LogP contribution in [0.3, 0.4) is 0 Å². The van der Waals surface area contributed by atoms with Gasteiger partial charge in [-0.15, -0.1) is 0 Å². The van der Waals surface area contributed by atoms with E-state index in [2.05, 4.69) is 22.1 Å². The van der Waals surface area contributed by atoms with E-state index in [1.165, 1.54) is 22.5 Å². The summed E-state index contributed by atoms with van der Waals surface area (Å²) in [5.41, 5.74) is 1.30. The van der Waals surface area contributed by atoms with Crippen LogP contribution in [-0.2, 0) is 17.9 Å². The van der Waals surface area contributed by atoms with Gasteiger partial charge >= 0.3 is 5.97 Å². The molecule has 0 radical (unpaired) electrons. The number of piperazine rings is 1. The van der Waals surface area contributed by atoms with Crippen molar-refractivity contribution in [3.05, 3.63) is 53.9 Å². The van der Waals surface area contributed by atoms with Crippen LogP contribution in [0.15, 0.2) is 42.6 Å². The normalized spacial score (nSPS) is 15.4. The van der Waals surface area contributed by atoms with Crippen LogP contribution in [0.25, 0.3) is 0 Å². The molecular weight excluding hydrogens is 308 g/mol. The average Bonchev–Trinajstić information content (AvgIpc) is 3.05. The van der Waals surface area contributed by atoms with E-state index >= 15 is 0 Å². The summed E-state index contributed by atoms with van der Waals surface area (Å²) in [5.74, 6) is -1.17. The Morgan fingerprint density at radius 3 is 2.42 bits per heavy atom. The number of aromatic carboxylic acids is 1. The summed E-state index contributed by atoms with van der Waals surface area (Å²) >= 11 is 0. The summed E-state index contributed by atoms with van der Waals surface area (Å²) in [6.07, 6.45) is 1.40. The third-order valence-corrected chi connectivity index (χ3v) is 4.19. The zero-order chi connectivity index (χ0) is 16.9. The van der Waals surface area contributed by atoms with Gasteiger partial charge in [0, 0.05) is 38.9 Å². The van der Waals surface area contributed by atoms with E-state index in [0.29, 0.717) is 13.1 Å². The van der Waals surface area contributed by atoms with Gasteiger partial charge in [-0.2, -0.15) is 5.10 Å². The third-order valence-electron chi connectivity index (χ3n) is 4.19. The highest BCUT2D eigenvalue weighted by Crippen LogP contribution is 2.09. The van der Waals surface area contributed by atoms with Gasteiger partial charge in [-0.3, -0.25) is 9.69 Å². The number of aromatic nitrogens is 2. The molecule has 1 N–H and O–H groups in total. The lowest BCUT2D eigenvalue weighted by Gasteiger charge is -2.34. The van der Waals surface area contributed by atoms with Crippen molar-refractivity contribution in [2.24, 2.45) is 0 Å². The van der Waals surface area contributed by atoms with E-state index in [0.717, 1.165) is 19.6 Å². The molecule has 3 rings (SSSR count). The number of carboxylic acid groups (broad SMARTS) is 1. The van der Waals surface area contributed by atoms with Crippen LogP contribution in [0.1, 0.15) is 16.1 Å². The topological polar surface area (TPSA) is 78.7 Å². The van der Waals surface area contributed by atoms with E-state index in [1.54, 1.807) is 4.90 Å². The molecule has 7 heteroatoms. The van der Waals surface area contributed by atoms with E-state index in [1.807, 2.05) is 18.2 Å². The smallest absolute Gasteiger partial charge is 0.354 e. The molecule has 1 amide bonds. The molecule has 1 aliphatic rings. The van der Waals surface area contributed by atoms with Crippen molar-refractivity contribution >= 4 is 11.9 Å². The summed E-state index contributed by atoms with van der Waals surface area (Å²) in [7, 11) is 0. The molecule has 2 heterocycles. The minimum atomic E-state index is -1.08. The minimum Gasteiger partial charge on any atom is -0.477 e. The van der Waals surface area contributed by atoms with E-state index in [-0.39, 0.29) is 18.1 Å². The lowest BCUT2D eigenvalue weighted by atomic mass is 10.2. The number of benzene rings is 1. The molecule has 0 saturated carbocycles. The molecule has 0 bridgehead atoms. The standard InChI is InChI=1S/C17H20N4O3/c22-16(13-21-15(17(23)24)6-7-18-21)20-10-8-19(9-11-20)12-14-4-2-1-3-5-14/h1-7H,8-13H2,(H,23,24). The Morgan fingerprint density at radius 1 is 1.04 bits per heavy atom. The first kappa shape index (κ1) is 16.2. The van der Waals surface area contributed by atoms with Crippen molar-refractivity contribution < 1.29 is 14.7 Å². The minimum absolute atomic E-state index is 0.0334. The van der Waals surface area contributed by atoms with Gasteiger partial charge in [0.05, 0.1) is 0 Å². The molecule has 1 aliphatic heterocycles. The Hall–Kier alpha value is -2.67. The fourth-order valence-electron chi connectivity index (χ4n) is 2.87. The second-order valence-electron chi connectivity index (χ2n) is 5.82. The summed E-state index contributed by atoms with van der Waals surface area (Å²) in [5, 5.41) is 13.0. The Kier molecular flexibility index (Phi) is 4.90. The number of carbonyl (C=O) groups is 2. The molecule has 126 valence electrons. The maximum absolute atomic E-state index is 12.4. The second-order valence-corrected chi connectivity index (χ2v) is 5.82. The quantitative estimate of drug-likeness (QED) is 0.883. The predicted molar refractivity (Wildman–Crippen MR) is 87.5 cm³/mol. The number of nitrogens with zero attached hydrogens (tertiary/aromatic N) is 4. The fraction of sp³-hybridized carbons (Fsp3) is 0.353. The number of hydrogen-bond donors (Lipinski definition) is 1. The molecule has 24 heavy (non-hydrogen) atoms. The number of carbonyl (C=O) groups excluding carboxylic acids is 1. The van der Waals surface area contributed by atoms with Crippen LogP contribution in [0.2, 0.25) is 0 Å². The monoisotopic (exact) mass is 328 g/mol. The van der Waals surface area contributed by atoms with Crippen LogP contribution in [-0.4, -0.2) is 62.7 Å². The van der Waals surface area contributed by atoms with Crippen LogP contribution < -0.4 is 0 Å². The summed E-state index contributed by atoms with van der Waals surface area (Å²) in [6, 6.07) is 11.7. The number of rotatable bonds is 5. The molecular formula is C17H20N4O3. The maximum Gasteiger partial charge on any atom is 0.354 e. The molecule has 1 fully saturated rings. The van der Waals surface area contributed by atoms with E-state index < -0.39 is 5.97 Å². The van der Waals surface area contributed by atoms with E-state index in [4.69, 9.17) is 5.11 Å². The maximum atomic E-state index is 12.4. The zero-order valence-electron chi connectivity index (χ0n) is 13.3. The molecule has 2 aromatic rings. The van der Waals surface area contributed by atoms with Crippen LogP contribution in [0.5, 0.6) is 0 Å². The van der Waals surface area contributed by atoms with Gasteiger partial charge in [-0.05, 0) is 11.6 Å². The van der Waals surface area contributed by atoms with Crippen molar-refractivity contribution in [1.29, 1.82) is 0 Å². The van der Waals surface area contributed by atoms with Gasteiger partial charge in [0.25, 0.3) is 0 Å². The van der Waals surface area contributed by atoms with Crippen LogP contribution >= 0.6 is 0 Å². The van der Waals surface area contributed by atoms with Gasteiger partial charge in [0.1, 0.15) is 12.2 Å². The van der Waals surface area contributed by atoms with Crippen molar-refractivity contribution in [2.75, 3.05) is 26.2 Å². The van der Waals surface area contributed by atoms with Gasteiger partial charge < -0.3 is 10.0 Å². The van der Waals surface area contributed by atoms with Gasteiger partial charge in [-0.1, -0.05) is 30.3 Å². The third kappa shape index (κ3) is 3.80. The van der Waals surface area contributed by atoms with Crippen molar-refractivity contribution in [3.63, 3.8) is 0 Å². The Balaban J connectivity index is 1.52. The highest BCUT2D eigenvalue weighted by molar-refractivity contribution is 5.86. The highest BCUT2D eigenvalue weighted by atomic mass is 16.4. The molecule has 0 aliphatic carbocycles. The molecule has 1 aromatic carbocycles. The van der Waals surface area contributed by atoms with Gasteiger partial charge in [-0.25, -0.2) is 9.48 Å². The lowest BCUT2D eigenvalue weighted by Crippen LogP contribution is -2.49. The van der Waals surface area contributed by atoms with E-state index in [9.17, 15) is 9.59 Å². The van der Waals surface area contributed by atoms with Crippen molar-refractivity contribution in [1.82, 2.24) is 19.6 Å². The number of hydrogen-bond acceptors (Lipinski definition) is 4. The highest BCUT2D eigenvalue weighted by Gasteiger charge is 2.22. The molecule has 1 saturated heterocycles. The first-order chi connectivity index (χ1) is 11.6. The van der Waals surface area contributed by atoms with Crippen LogP contribution in [0, 0.1) is 0 Å². The predicted octanol–water partition coefficient (Wildman–Crippen LogP) is 0.926. The summed E-state index contributed by atoms with van der Waals surface area (Å²) < 4.78 is 1.24. The first-order valence-corrected chi connectivity index (χ1v) is 7.92. The van der Waals surface area contributed by atoms with Crippen molar-refractivity contribution in [3.8, 4) is 0 Å². The number of carboxylic acids is 1. The summed E-state index contributed by atoms with van der Waals surface area (Å²) in [6.45, 7) is 3.76. The SMILES string of the molecule is O=C(O)c1ccnn1CC(=O)N1CCN(Cc2ccccc2)CC1. The first-order valence-electron chi connectivity index (χ1n) is 7.92. The Bertz CT molecular complexity index is 706. The largest absolute Gasteiger partial charge is 0.477 e. The average molecular weight is 328 g/mol. The van der Waals surface area contributed by atoms with Gasteiger partial charge in [0.2, 0.25) is 5.91 Å². The zero-order valence-corrected chi connectivity index (χ0v) is 13.3. The Labute approximate surface area is 140 Å². The lowest BCUT2D eigenvalue weighted by molar-refractivity contribution is -0.133. The molecule has 0 atom stereocenters. The molecule has 1 aromatic heterocycles. The molecule has 0 spiro atoms. The fourth-order valence-corrected chi connectivity index (χ4v) is 2.87.